The van der Waals surface area contributed by atoms with Crippen molar-refractivity contribution >= 4 is 29.6 Å². The molecule has 2 fully saturated rings. The minimum atomic E-state index is -0.667. The Bertz CT molecular complexity index is 1310. The summed E-state index contributed by atoms with van der Waals surface area (Å²) in [5.41, 5.74) is 3.30. The molecule has 2 aliphatic rings. The lowest BCUT2D eigenvalue weighted by molar-refractivity contribution is -0.144. The van der Waals surface area contributed by atoms with E-state index in [0.717, 1.165) is 49.7 Å². The molecule has 0 radical (unpaired) electrons. The molecule has 5 amide bonds. The molecule has 1 saturated heterocycles. The van der Waals surface area contributed by atoms with Gasteiger partial charge in [0, 0.05) is 12.2 Å². The zero-order chi connectivity index (χ0) is 29.0. The first kappa shape index (κ1) is 29.6. The van der Waals surface area contributed by atoms with Gasteiger partial charge >= 0.3 is 6.03 Å². The molecule has 2 heterocycles. The van der Waals surface area contributed by atoms with Gasteiger partial charge in [-0.1, -0.05) is 99.7 Å². The van der Waals surface area contributed by atoms with Gasteiger partial charge < -0.3 is 5.32 Å². The van der Waals surface area contributed by atoms with Gasteiger partial charge in [-0.3, -0.25) is 24.6 Å². The maximum atomic E-state index is 12.4. The molecule has 0 spiro atoms. The SMILES string of the molecule is CCCCC1C(=O)NC(=O)N(C2CCCCC2)C1=O.O=C(Cc1ccc(-c2ccccc2)cc1)Nc1ccccn1. The molecule has 1 aromatic heterocycles. The van der Waals surface area contributed by atoms with Crippen molar-refractivity contribution in [2.75, 3.05) is 5.32 Å². The number of rotatable bonds is 8. The highest BCUT2D eigenvalue weighted by Gasteiger charge is 2.43. The largest absolute Gasteiger partial charge is 0.331 e. The molecule has 5 rings (SSSR count). The van der Waals surface area contributed by atoms with Gasteiger partial charge in [0.05, 0.1) is 6.42 Å². The standard InChI is InChI=1S/C19H16N2O.C14H22N2O3/c22-19(21-18-8-4-5-13-20-18)14-15-9-11-17(12-10-15)16-6-2-1-3-7-16;1-2-3-9-11-12(17)15-14(19)16(13(11)18)10-7-5-4-6-8-10/h1-13H,14H2,(H,20,21,22);10-11H,2-9H2,1H3,(H,15,17,19). The van der Waals surface area contributed by atoms with E-state index in [1.54, 1.807) is 12.3 Å². The van der Waals surface area contributed by atoms with Gasteiger partial charge in [-0.25, -0.2) is 9.78 Å². The minimum Gasteiger partial charge on any atom is -0.310 e. The smallest absolute Gasteiger partial charge is 0.310 e. The Labute approximate surface area is 241 Å². The van der Waals surface area contributed by atoms with E-state index in [-0.39, 0.29) is 17.9 Å². The average molecular weight is 555 g/mol. The van der Waals surface area contributed by atoms with E-state index in [1.807, 2.05) is 61.5 Å². The van der Waals surface area contributed by atoms with Gasteiger partial charge in [0.25, 0.3) is 0 Å². The second-order valence-corrected chi connectivity index (χ2v) is 10.5. The highest BCUT2D eigenvalue weighted by atomic mass is 16.2. The summed E-state index contributed by atoms with van der Waals surface area (Å²) in [4.78, 5) is 53.5. The molecule has 8 nitrogen and oxygen atoms in total. The predicted molar refractivity (Wildman–Crippen MR) is 159 cm³/mol. The minimum absolute atomic E-state index is 0.0153. The Hall–Kier alpha value is -4.33. The fraction of sp³-hybridized carbons (Fsp3) is 0.364. The van der Waals surface area contributed by atoms with Gasteiger partial charge in [-0.2, -0.15) is 0 Å². The number of anilines is 1. The van der Waals surface area contributed by atoms with Crippen LogP contribution in [0.3, 0.4) is 0 Å². The molecule has 8 heteroatoms. The van der Waals surface area contributed by atoms with E-state index in [4.69, 9.17) is 0 Å². The van der Waals surface area contributed by atoms with Crippen molar-refractivity contribution in [3.8, 4) is 11.1 Å². The Morgan fingerprint density at radius 3 is 2.24 bits per heavy atom. The summed E-state index contributed by atoms with van der Waals surface area (Å²) in [5.74, 6) is -0.858. The third-order valence-electron chi connectivity index (χ3n) is 7.45. The molecule has 214 valence electrons. The number of pyridine rings is 1. The third-order valence-corrected chi connectivity index (χ3v) is 7.45. The van der Waals surface area contributed by atoms with Crippen LogP contribution in [0.25, 0.3) is 11.1 Å². The van der Waals surface area contributed by atoms with E-state index in [9.17, 15) is 19.2 Å². The molecule has 0 bridgehead atoms. The number of carbonyl (C=O) groups is 4. The number of hydrogen-bond acceptors (Lipinski definition) is 5. The van der Waals surface area contributed by atoms with Crippen LogP contribution in [-0.4, -0.2) is 39.7 Å². The number of benzene rings is 2. The van der Waals surface area contributed by atoms with Crippen LogP contribution in [0.5, 0.6) is 0 Å². The van der Waals surface area contributed by atoms with Crippen molar-refractivity contribution in [1.82, 2.24) is 15.2 Å². The number of urea groups is 1. The van der Waals surface area contributed by atoms with Crippen LogP contribution in [0.4, 0.5) is 10.6 Å². The van der Waals surface area contributed by atoms with Crippen LogP contribution in [0.15, 0.2) is 79.0 Å². The van der Waals surface area contributed by atoms with Crippen molar-refractivity contribution in [2.45, 2.75) is 70.8 Å². The molecule has 1 aliphatic heterocycles. The number of aromatic nitrogens is 1. The maximum Gasteiger partial charge on any atom is 0.331 e. The normalized spacial score (nSPS) is 17.3. The molecule has 2 N–H and O–H groups in total. The highest BCUT2D eigenvalue weighted by Crippen LogP contribution is 2.27. The van der Waals surface area contributed by atoms with Gasteiger partial charge in [-0.05, 0) is 48.1 Å². The quantitative estimate of drug-likeness (QED) is 0.326. The number of carbonyl (C=O) groups excluding carboxylic acids is 4. The van der Waals surface area contributed by atoms with Crippen LogP contribution in [0.1, 0.15) is 63.9 Å². The van der Waals surface area contributed by atoms with Crippen molar-refractivity contribution < 1.29 is 19.2 Å². The second kappa shape index (κ2) is 14.9. The number of nitrogens with zero attached hydrogens (tertiary/aromatic N) is 2. The van der Waals surface area contributed by atoms with E-state index in [0.29, 0.717) is 18.7 Å². The second-order valence-electron chi connectivity index (χ2n) is 10.5. The Balaban J connectivity index is 0.000000191. The van der Waals surface area contributed by atoms with Gasteiger partial charge in [0.15, 0.2) is 0 Å². The van der Waals surface area contributed by atoms with E-state index >= 15 is 0 Å². The molecule has 1 aliphatic carbocycles. The van der Waals surface area contributed by atoms with Crippen LogP contribution in [0, 0.1) is 5.92 Å². The lowest BCUT2D eigenvalue weighted by Crippen LogP contribution is -2.61. The summed E-state index contributed by atoms with van der Waals surface area (Å²) in [5, 5.41) is 5.13. The van der Waals surface area contributed by atoms with Crippen molar-refractivity contribution in [1.29, 1.82) is 0 Å². The summed E-state index contributed by atoms with van der Waals surface area (Å²) < 4.78 is 0. The molecule has 1 atom stereocenters. The van der Waals surface area contributed by atoms with E-state index in [2.05, 4.69) is 27.8 Å². The predicted octanol–water partition coefficient (Wildman–Crippen LogP) is 6.13. The number of imide groups is 2. The third kappa shape index (κ3) is 8.33. The monoisotopic (exact) mass is 554 g/mol. The number of hydrogen-bond donors (Lipinski definition) is 2. The molecular formula is C33H38N4O4. The number of unbranched alkanes of at least 4 members (excludes halogenated alkanes) is 1. The average Bonchev–Trinajstić information content (AvgIpc) is 2.99. The summed E-state index contributed by atoms with van der Waals surface area (Å²) in [6.07, 6.45) is 9.31. The first-order valence-electron chi connectivity index (χ1n) is 14.5. The first-order valence-corrected chi connectivity index (χ1v) is 14.5. The first-order chi connectivity index (χ1) is 20.0. The van der Waals surface area contributed by atoms with Crippen LogP contribution in [-0.2, 0) is 20.8 Å². The van der Waals surface area contributed by atoms with Crippen LogP contribution < -0.4 is 10.6 Å². The van der Waals surface area contributed by atoms with Crippen molar-refractivity contribution in [2.24, 2.45) is 5.92 Å². The van der Waals surface area contributed by atoms with Gasteiger partial charge in [0.1, 0.15) is 11.7 Å². The number of nitrogens with one attached hydrogen (secondary N) is 2. The van der Waals surface area contributed by atoms with Gasteiger partial charge in [0.2, 0.25) is 17.7 Å². The van der Waals surface area contributed by atoms with Crippen LogP contribution in [0.2, 0.25) is 0 Å². The van der Waals surface area contributed by atoms with E-state index < -0.39 is 17.9 Å². The number of amides is 5. The summed E-state index contributed by atoms with van der Waals surface area (Å²) in [6.45, 7) is 2.02. The summed E-state index contributed by atoms with van der Waals surface area (Å²) in [7, 11) is 0. The topological polar surface area (TPSA) is 108 Å². The Morgan fingerprint density at radius 1 is 0.902 bits per heavy atom. The fourth-order valence-electron chi connectivity index (χ4n) is 5.24. The summed E-state index contributed by atoms with van der Waals surface area (Å²) >= 11 is 0. The zero-order valence-electron chi connectivity index (χ0n) is 23.6. The Kier molecular flexibility index (Phi) is 10.8. The van der Waals surface area contributed by atoms with Crippen LogP contribution >= 0.6 is 0 Å². The molecule has 41 heavy (non-hydrogen) atoms. The van der Waals surface area contributed by atoms with E-state index in [1.165, 1.54) is 16.9 Å². The lowest BCUT2D eigenvalue weighted by Gasteiger charge is -2.37. The molecule has 3 aromatic rings. The Morgan fingerprint density at radius 2 is 1.59 bits per heavy atom. The number of barbiturate groups is 1. The van der Waals surface area contributed by atoms with Crippen molar-refractivity contribution in [3.63, 3.8) is 0 Å². The lowest BCUT2D eigenvalue weighted by atomic mass is 9.91. The molecule has 1 saturated carbocycles. The maximum absolute atomic E-state index is 12.4. The van der Waals surface area contributed by atoms with Gasteiger partial charge in [-0.15, -0.1) is 0 Å². The molecule has 1 unspecified atom stereocenters. The zero-order valence-corrected chi connectivity index (χ0v) is 23.6. The summed E-state index contributed by atoms with van der Waals surface area (Å²) in [6, 6.07) is 23.1. The van der Waals surface area contributed by atoms with Crippen molar-refractivity contribution in [3.05, 3.63) is 84.6 Å². The molecule has 2 aromatic carbocycles. The fourth-order valence-corrected chi connectivity index (χ4v) is 5.24. The molecular weight excluding hydrogens is 516 g/mol. The highest BCUT2D eigenvalue weighted by molar-refractivity contribution is 6.16.